The first-order valence-electron chi connectivity index (χ1n) is 7.02. The number of hydrogen-bond acceptors (Lipinski definition) is 4. The number of benzene rings is 1. The lowest BCUT2D eigenvalue weighted by molar-refractivity contribution is 0.1000. The average Bonchev–Trinajstić information content (AvgIpc) is 2.48. The predicted molar refractivity (Wildman–Crippen MR) is 80.4 cm³/mol. The third-order valence-corrected chi connectivity index (χ3v) is 5.44. The summed E-state index contributed by atoms with van der Waals surface area (Å²) in [5.41, 5.74) is 5.43. The van der Waals surface area contributed by atoms with Crippen LogP contribution in [0.3, 0.4) is 0 Å². The Hall–Kier alpha value is -1.44. The standard InChI is InChI=1S/C14H21N3O3S/c1-16-11-4-6-12(7-5-11)17-21(19,20)13-8-2-10(3-9-13)14(15)18/h2-3,8-9,11-12,16-17H,4-7H2,1H3,(H2,15,18). The van der Waals surface area contributed by atoms with E-state index in [4.69, 9.17) is 5.73 Å². The Morgan fingerprint density at radius 1 is 1.10 bits per heavy atom. The maximum Gasteiger partial charge on any atom is 0.248 e. The van der Waals surface area contributed by atoms with Gasteiger partial charge in [-0.25, -0.2) is 13.1 Å². The lowest BCUT2D eigenvalue weighted by atomic mass is 9.92. The SMILES string of the molecule is CNC1CCC(NS(=O)(=O)c2ccc(C(N)=O)cc2)CC1. The molecule has 0 heterocycles. The molecule has 0 radical (unpaired) electrons. The van der Waals surface area contributed by atoms with Crippen LogP contribution >= 0.6 is 0 Å². The number of nitrogens with two attached hydrogens (primary N) is 1. The van der Waals surface area contributed by atoms with E-state index in [0.717, 1.165) is 25.7 Å². The number of nitrogens with one attached hydrogen (secondary N) is 2. The zero-order chi connectivity index (χ0) is 15.5. The van der Waals surface area contributed by atoms with Crippen molar-refractivity contribution in [3.8, 4) is 0 Å². The molecule has 1 aromatic rings. The summed E-state index contributed by atoms with van der Waals surface area (Å²) in [6, 6.07) is 6.10. The zero-order valence-electron chi connectivity index (χ0n) is 12.0. The lowest BCUT2D eigenvalue weighted by Crippen LogP contribution is -2.41. The van der Waals surface area contributed by atoms with Gasteiger partial charge in [0.05, 0.1) is 4.90 Å². The van der Waals surface area contributed by atoms with Crippen LogP contribution in [-0.4, -0.2) is 33.5 Å². The van der Waals surface area contributed by atoms with Gasteiger partial charge in [-0.15, -0.1) is 0 Å². The number of carbonyl (C=O) groups is 1. The predicted octanol–water partition coefficient (Wildman–Crippen LogP) is 0.594. The summed E-state index contributed by atoms with van der Waals surface area (Å²) in [5, 5.41) is 3.21. The van der Waals surface area contributed by atoms with Crippen molar-refractivity contribution in [1.29, 1.82) is 0 Å². The third-order valence-electron chi connectivity index (χ3n) is 3.91. The fourth-order valence-corrected chi connectivity index (χ4v) is 3.89. The Kier molecular flexibility index (Phi) is 4.97. The van der Waals surface area contributed by atoms with Crippen molar-refractivity contribution in [1.82, 2.24) is 10.0 Å². The lowest BCUT2D eigenvalue weighted by Gasteiger charge is -2.28. The Bertz CT molecular complexity index is 590. The summed E-state index contributed by atoms with van der Waals surface area (Å²) in [7, 11) is -1.62. The van der Waals surface area contributed by atoms with E-state index in [9.17, 15) is 13.2 Å². The van der Waals surface area contributed by atoms with E-state index in [-0.39, 0.29) is 10.9 Å². The molecule has 1 aliphatic rings. The first kappa shape index (κ1) is 15.9. The van der Waals surface area contributed by atoms with Gasteiger partial charge in [-0.1, -0.05) is 0 Å². The first-order valence-corrected chi connectivity index (χ1v) is 8.50. The largest absolute Gasteiger partial charge is 0.366 e. The molecule has 1 aromatic carbocycles. The van der Waals surface area contributed by atoms with Crippen LogP contribution in [0.5, 0.6) is 0 Å². The van der Waals surface area contributed by atoms with E-state index in [2.05, 4.69) is 10.0 Å². The van der Waals surface area contributed by atoms with Crippen LogP contribution in [0.1, 0.15) is 36.0 Å². The summed E-state index contributed by atoms with van der Waals surface area (Å²) >= 11 is 0. The van der Waals surface area contributed by atoms with Gasteiger partial charge >= 0.3 is 0 Å². The Balaban J connectivity index is 2.03. The number of rotatable bonds is 5. The highest BCUT2D eigenvalue weighted by Crippen LogP contribution is 2.20. The number of amides is 1. The fraction of sp³-hybridized carbons (Fsp3) is 0.500. The van der Waals surface area contributed by atoms with Crippen LogP contribution < -0.4 is 15.8 Å². The molecule has 6 nitrogen and oxygen atoms in total. The van der Waals surface area contributed by atoms with Gasteiger partial charge in [0.1, 0.15) is 0 Å². The molecule has 21 heavy (non-hydrogen) atoms. The van der Waals surface area contributed by atoms with Gasteiger partial charge in [-0.3, -0.25) is 4.79 Å². The Labute approximate surface area is 125 Å². The zero-order valence-corrected chi connectivity index (χ0v) is 12.8. The van der Waals surface area contributed by atoms with Gasteiger partial charge in [-0.2, -0.15) is 0 Å². The second-order valence-corrected chi connectivity index (χ2v) is 7.06. The highest BCUT2D eigenvalue weighted by molar-refractivity contribution is 7.89. The molecule has 1 aliphatic carbocycles. The van der Waals surface area contributed by atoms with Gasteiger partial charge in [-0.05, 0) is 57.0 Å². The molecule has 0 unspecified atom stereocenters. The summed E-state index contributed by atoms with van der Waals surface area (Å²) in [4.78, 5) is 11.1. The Morgan fingerprint density at radius 3 is 2.10 bits per heavy atom. The van der Waals surface area contributed by atoms with Crippen molar-refractivity contribution in [3.63, 3.8) is 0 Å². The summed E-state index contributed by atoms with van der Waals surface area (Å²) in [6.07, 6.45) is 3.57. The maximum atomic E-state index is 12.3. The summed E-state index contributed by atoms with van der Waals surface area (Å²) < 4.78 is 27.3. The number of hydrogen-bond donors (Lipinski definition) is 3. The van der Waals surface area contributed by atoms with Crippen LogP contribution in [0.2, 0.25) is 0 Å². The van der Waals surface area contributed by atoms with E-state index in [1.54, 1.807) is 0 Å². The molecular formula is C14H21N3O3S. The molecule has 0 saturated heterocycles. The molecule has 1 amide bonds. The minimum atomic E-state index is -3.55. The second-order valence-electron chi connectivity index (χ2n) is 5.35. The van der Waals surface area contributed by atoms with Crippen LogP contribution in [0.4, 0.5) is 0 Å². The van der Waals surface area contributed by atoms with E-state index >= 15 is 0 Å². The van der Waals surface area contributed by atoms with Crippen molar-refractivity contribution in [2.24, 2.45) is 5.73 Å². The van der Waals surface area contributed by atoms with Crippen LogP contribution in [0, 0.1) is 0 Å². The molecule has 0 spiro atoms. The molecule has 116 valence electrons. The molecule has 0 aliphatic heterocycles. The molecule has 4 N–H and O–H groups in total. The quantitative estimate of drug-likeness (QED) is 0.741. The van der Waals surface area contributed by atoms with Crippen molar-refractivity contribution >= 4 is 15.9 Å². The normalized spacial score (nSPS) is 22.9. The molecule has 0 atom stereocenters. The van der Waals surface area contributed by atoms with E-state index in [0.29, 0.717) is 11.6 Å². The third kappa shape index (κ3) is 4.03. The number of sulfonamides is 1. The highest BCUT2D eigenvalue weighted by Gasteiger charge is 2.25. The smallest absolute Gasteiger partial charge is 0.248 e. The average molecular weight is 311 g/mol. The second kappa shape index (κ2) is 6.55. The molecule has 1 fully saturated rings. The molecule has 2 rings (SSSR count). The van der Waals surface area contributed by atoms with Crippen molar-refractivity contribution < 1.29 is 13.2 Å². The van der Waals surface area contributed by atoms with Gasteiger partial charge < -0.3 is 11.1 Å². The highest BCUT2D eigenvalue weighted by atomic mass is 32.2. The van der Waals surface area contributed by atoms with Crippen LogP contribution in [0.15, 0.2) is 29.2 Å². The molecule has 0 bridgehead atoms. The minimum absolute atomic E-state index is 0.0320. The minimum Gasteiger partial charge on any atom is -0.366 e. The van der Waals surface area contributed by atoms with Crippen LogP contribution in [-0.2, 0) is 10.0 Å². The van der Waals surface area contributed by atoms with Gasteiger partial charge in [0.25, 0.3) is 0 Å². The molecule has 0 aromatic heterocycles. The molecule has 1 saturated carbocycles. The van der Waals surface area contributed by atoms with Gasteiger partial charge in [0.2, 0.25) is 15.9 Å². The summed E-state index contributed by atoms with van der Waals surface area (Å²) in [6.45, 7) is 0. The molecule has 7 heteroatoms. The van der Waals surface area contributed by atoms with Crippen molar-refractivity contribution in [2.75, 3.05) is 7.05 Å². The summed E-state index contributed by atoms with van der Waals surface area (Å²) in [5.74, 6) is -0.572. The van der Waals surface area contributed by atoms with E-state index in [1.807, 2.05) is 7.05 Å². The monoisotopic (exact) mass is 311 g/mol. The van der Waals surface area contributed by atoms with Crippen molar-refractivity contribution in [2.45, 2.75) is 42.7 Å². The van der Waals surface area contributed by atoms with Gasteiger partial charge in [0, 0.05) is 17.6 Å². The maximum absolute atomic E-state index is 12.3. The fourth-order valence-electron chi connectivity index (χ4n) is 2.59. The van der Waals surface area contributed by atoms with Crippen molar-refractivity contribution in [3.05, 3.63) is 29.8 Å². The van der Waals surface area contributed by atoms with Gasteiger partial charge in [0.15, 0.2) is 0 Å². The Morgan fingerprint density at radius 2 is 1.62 bits per heavy atom. The topological polar surface area (TPSA) is 101 Å². The number of primary amides is 1. The number of carbonyl (C=O) groups excluding carboxylic acids is 1. The van der Waals surface area contributed by atoms with E-state index < -0.39 is 15.9 Å². The molecular weight excluding hydrogens is 290 g/mol. The first-order chi connectivity index (χ1) is 9.92. The van der Waals surface area contributed by atoms with Crippen LogP contribution in [0.25, 0.3) is 0 Å². The van der Waals surface area contributed by atoms with E-state index in [1.165, 1.54) is 24.3 Å².